The number of fused-ring (bicyclic) bond motifs is 1. The van der Waals surface area contributed by atoms with Crippen molar-refractivity contribution in [2.24, 2.45) is 5.92 Å². The molecular weight excluding hydrogens is 344 g/mol. The number of hydrogen-bond acceptors (Lipinski definition) is 4. The van der Waals surface area contributed by atoms with E-state index < -0.39 is 17.4 Å². The summed E-state index contributed by atoms with van der Waals surface area (Å²) in [5, 5.41) is 13.1. The summed E-state index contributed by atoms with van der Waals surface area (Å²) >= 11 is 6.13. The van der Waals surface area contributed by atoms with E-state index in [2.05, 4.69) is 10.3 Å². The van der Waals surface area contributed by atoms with Gasteiger partial charge in [0.05, 0.1) is 17.0 Å². The molecule has 0 saturated heterocycles. The molecule has 134 valence electrons. The molecule has 0 saturated carbocycles. The van der Waals surface area contributed by atoms with Crippen molar-refractivity contribution in [3.05, 3.63) is 35.5 Å². The van der Waals surface area contributed by atoms with Crippen LogP contribution in [0.15, 0.2) is 30.5 Å². The Bertz CT molecular complexity index is 794. The number of hydrogen-bond donors (Lipinski definition) is 2. The molecule has 0 aliphatic heterocycles. The van der Waals surface area contributed by atoms with Gasteiger partial charge in [-0.1, -0.05) is 25.4 Å². The molecule has 1 amide bonds. The van der Waals surface area contributed by atoms with Gasteiger partial charge >= 0.3 is 5.97 Å². The summed E-state index contributed by atoms with van der Waals surface area (Å²) in [5.74, 6) is -0.966. The zero-order chi connectivity index (χ0) is 18.6. The Balaban J connectivity index is 2.10. The molecule has 1 heterocycles. The number of aliphatic carboxylic acids is 1. The average Bonchev–Trinajstić information content (AvgIpc) is 2.53. The summed E-state index contributed by atoms with van der Waals surface area (Å²) < 4.78 is 5.59. The number of carboxylic acids is 1. The molecule has 1 unspecified atom stereocenters. The van der Waals surface area contributed by atoms with E-state index in [1.54, 1.807) is 31.3 Å². The van der Waals surface area contributed by atoms with Crippen molar-refractivity contribution in [3.8, 4) is 5.75 Å². The molecule has 0 spiro atoms. The molecule has 2 rings (SSSR count). The third-order valence-corrected chi connectivity index (χ3v) is 4.59. The van der Waals surface area contributed by atoms with Crippen LogP contribution in [0.25, 0.3) is 10.9 Å². The van der Waals surface area contributed by atoms with Gasteiger partial charge in [-0.15, -0.1) is 0 Å². The largest absolute Gasteiger partial charge is 0.481 e. The number of aromatic nitrogens is 1. The lowest BCUT2D eigenvalue weighted by molar-refractivity contribution is -0.139. The van der Waals surface area contributed by atoms with Gasteiger partial charge in [-0.3, -0.25) is 14.6 Å². The number of pyridine rings is 1. The van der Waals surface area contributed by atoms with Crippen molar-refractivity contribution in [1.82, 2.24) is 10.3 Å². The zero-order valence-corrected chi connectivity index (χ0v) is 15.1. The summed E-state index contributed by atoms with van der Waals surface area (Å²) in [6, 6.07) is 6.93. The fraction of sp³-hybridized carbons (Fsp3) is 0.389. The Morgan fingerprint density at radius 1 is 1.36 bits per heavy atom. The van der Waals surface area contributed by atoms with Crippen LogP contribution in [-0.2, 0) is 9.59 Å². The van der Waals surface area contributed by atoms with Crippen molar-refractivity contribution >= 4 is 34.4 Å². The molecule has 7 heteroatoms. The monoisotopic (exact) mass is 364 g/mol. The maximum absolute atomic E-state index is 12.2. The predicted molar refractivity (Wildman–Crippen MR) is 95.9 cm³/mol. The minimum absolute atomic E-state index is 0.0504. The number of benzene rings is 1. The van der Waals surface area contributed by atoms with Gasteiger partial charge < -0.3 is 15.2 Å². The molecule has 1 aromatic carbocycles. The second kappa shape index (κ2) is 7.70. The number of ether oxygens (including phenoxy) is 1. The molecular formula is C18H21ClN2O4. The third kappa shape index (κ3) is 4.60. The van der Waals surface area contributed by atoms with Crippen molar-refractivity contribution in [2.45, 2.75) is 32.7 Å². The normalized spacial score (nSPS) is 13.5. The maximum Gasteiger partial charge on any atom is 0.305 e. The molecule has 1 aromatic heterocycles. The second-order valence-electron chi connectivity index (χ2n) is 6.42. The van der Waals surface area contributed by atoms with Crippen LogP contribution in [0.5, 0.6) is 5.75 Å². The van der Waals surface area contributed by atoms with Crippen molar-refractivity contribution in [3.63, 3.8) is 0 Å². The maximum atomic E-state index is 12.2. The topological polar surface area (TPSA) is 88.5 Å². The van der Waals surface area contributed by atoms with Gasteiger partial charge in [0.25, 0.3) is 5.91 Å². The van der Waals surface area contributed by atoms with Gasteiger partial charge in [0.2, 0.25) is 0 Å². The fourth-order valence-electron chi connectivity index (χ4n) is 2.43. The van der Waals surface area contributed by atoms with E-state index in [0.717, 1.165) is 5.39 Å². The standard InChI is InChI=1S/C18H21ClN2O4/c1-11(2)18(3,9-16(23)24)21-15(22)10-25-14-7-6-13(19)12-5-4-8-20-17(12)14/h4-8,11H,9-10H2,1-3H3,(H,21,22)(H,23,24). The summed E-state index contributed by atoms with van der Waals surface area (Å²) in [6.45, 7) is 5.19. The Hall–Kier alpha value is -2.34. The molecule has 0 radical (unpaired) electrons. The second-order valence-corrected chi connectivity index (χ2v) is 6.83. The summed E-state index contributed by atoms with van der Waals surface area (Å²) in [6.07, 6.45) is 1.45. The lowest BCUT2D eigenvalue weighted by atomic mass is 9.85. The van der Waals surface area contributed by atoms with E-state index >= 15 is 0 Å². The first-order valence-electron chi connectivity index (χ1n) is 7.92. The number of carbonyl (C=O) groups excluding carboxylic acids is 1. The highest BCUT2D eigenvalue weighted by Gasteiger charge is 2.32. The van der Waals surface area contributed by atoms with Crippen molar-refractivity contribution in [1.29, 1.82) is 0 Å². The van der Waals surface area contributed by atoms with Gasteiger partial charge in [0, 0.05) is 11.6 Å². The lowest BCUT2D eigenvalue weighted by Gasteiger charge is -2.33. The number of halogens is 1. The van der Waals surface area contributed by atoms with Gasteiger partial charge in [0.15, 0.2) is 6.61 Å². The van der Waals surface area contributed by atoms with Crippen LogP contribution in [-0.4, -0.2) is 34.1 Å². The van der Waals surface area contributed by atoms with E-state index in [4.69, 9.17) is 21.4 Å². The number of rotatable bonds is 7. The SMILES string of the molecule is CC(C)C(C)(CC(=O)O)NC(=O)COc1ccc(Cl)c2cccnc12. The Labute approximate surface area is 151 Å². The van der Waals surface area contributed by atoms with Gasteiger partial charge in [-0.2, -0.15) is 0 Å². The first-order valence-corrected chi connectivity index (χ1v) is 8.29. The van der Waals surface area contributed by atoms with E-state index in [-0.39, 0.29) is 18.9 Å². The quantitative estimate of drug-likeness (QED) is 0.787. The van der Waals surface area contributed by atoms with Crippen LogP contribution in [0.3, 0.4) is 0 Å². The summed E-state index contributed by atoms with van der Waals surface area (Å²) in [4.78, 5) is 27.5. The van der Waals surface area contributed by atoms with Crippen molar-refractivity contribution in [2.75, 3.05) is 6.61 Å². The summed E-state index contributed by atoms with van der Waals surface area (Å²) in [7, 11) is 0. The molecule has 6 nitrogen and oxygen atoms in total. The van der Waals surface area contributed by atoms with E-state index in [0.29, 0.717) is 16.3 Å². The lowest BCUT2D eigenvalue weighted by Crippen LogP contribution is -2.52. The van der Waals surface area contributed by atoms with Crippen LogP contribution in [0.4, 0.5) is 0 Å². The molecule has 25 heavy (non-hydrogen) atoms. The van der Waals surface area contributed by atoms with E-state index in [9.17, 15) is 9.59 Å². The fourth-order valence-corrected chi connectivity index (χ4v) is 2.65. The van der Waals surface area contributed by atoms with Gasteiger partial charge in [-0.05, 0) is 37.1 Å². The molecule has 0 aliphatic carbocycles. The molecule has 0 bridgehead atoms. The van der Waals surface area contributed by atoms with E-state index in [1.807, 2.05) is 19.9 Å². The Kier molecular flexibility index (Phi) is 5.85. The highest BCUT2D eigenvalue weighted by atomic mass is 35.5. The van der Waals surface area contributed by atoms with Crippen LogP contribution in [0.2, 0.25) is 5.02 Å². The molecule has 0 aliphatic rings. The Morgan fingerprint density at radius 2 is 2.08 bits per heavy atom. The van der Waals surface area contributed by atoms with Crippen LogP contribution in [0, 0.1) is 5.92 Å². The number of nitrogens with one attached hydrogen (secondary N) is 1. The number of amides is 1. The van der Waals surface area contributed by atoms with Gasteiger partial charge in [-0.25, -0.2) is 0 Å². The minimum Gasteiger partial charge on any atom is -0.481 e. The minimum atomic E-state index is -0.967. The van der Waals surface area contributed by atoms with E-state index in [1.165, 1.54) is 0 Å². The molecule has 0 fully saturated rings. The first-order chi connectivity index (χ1) is 11.7. The van der Waals surface area contributed by atoms with Gasteiger partial charge in [0.1, 0.15) is 11.3 Å². The summed E-state index contributed by atoms with van der Waals surface area (Å²) in [5.41, 5.74) is -0.285. The number of nitrogens with zero attached hydrogens (tertiary/aromatic N) is 1. The number of carboxylic acid groups (broad SMARTS) is 1. The van der Waals surface area contributed by atoms with Crippen LogP contribution in [0.1, 0.15) is 27.2 Å². The first kappa shape index (κ1) is 19.0. The Morgan fingerprint density at radius 3 is 2.72 bits per heavy atom. The van der Waals surface area contributed by atoms with Crippen LogP contribution < -0.4 is 10.1 Å². The average molecular weight is 365 g/mol. The highest BCUT2D eigenvalue weighted by molar-refractivity contribution is 6.35. The molecule has 1 atom stereocenters. The van der Waals surface area contributed by atoms with Crippen LogP contribution >= 0.6 is 11.6 Å². The smallest absolute Gasteiger partial charge is 0.305 e. The highest BCUT2D eigenvalue weighted by Crippen LogP contribution is 2.29. The third-order valence-electron chi connectivity index (χ3n) is 4.26. The van der Waals surface area contributed by atoms with Crippen molar-refractivity contribution < 1.29 is 19.4 Å². The zero-order valence-electron chi connectivity index (χ0n) is 14.4. The number of carbonyl (C=O) groups is 2. The predicted octanol–water partition coefficient (Wildman–Crippen LogP) is 3.27. The molecule has 2 aromatic rings. The molecule has 2 N–H and O–H groups in total.